The quantitative estimate of drug-likeness (QED) is 0.578. The molecule has 1 amide bonds. The van der Waals surface area contributed by atoms with Gasteiger partial charge in [-0.1, -0.05) is 12.1 Å². The van der Waals surface area contributed by atoms with Crippen molar-refractivity contribution in [3.63, 3.8) is 0 Å². The summed E-state index contributed by atoms with van der Waals surface area (Å²) in [5, 5.41) is 2.30. The molecule has 5 nitrogen and oxygen atoms in total. The fourth-order valence-corrected chi connectivity index (χ4v) is 2.71. The molecule has 29 heavy (non-hydrogen) atoms. The molecule has 0 saturated carbocycles. The molecule has 0 atom stereocenters. The number of nitrogens with one attached hydrogen (secondary N) is 1. The van der Waals surface area contributed by atoms with Gasteiger partial charge in [0.15, 0.2) is 11.7 Å². The van der Waals surface area contributed by atoms with E-state index in [2.05, 4.69) is 10.3 Å². The number of aromatic nitrogens is 1. The zero-order valence-electron chi connectivity index (χ0n) is 15.6. The molecule has 0 saturated heterocycles. The van der Waals surface area contributed by atoms with E-state index < -0.39 is 17.6 Å². The van der Waals surface area contributed by atoms with Gasteiger partial charge in [0.05, 0.1) is 24.1 Å². The number of ether oxygens (including phenoxy) is 1. The van der Waals surface area contributed by atoms with Gasteiger partial charge in [-0.05, 0) is 43.3 Å². The number of aryl methyl sites for hydroxylation is 1. The van der Waals surface area contributed by atoms with Gasteiger partial charge < -0.3 is 14.5 Å². The van der Waals surface area contributed by atoms with Crippen molar-refractivity contribution < 1.29 is 27.1 Å². The molecule has 3 aromatic rings. The highest BCUT2D eigenvalue weighted by Gasteiger charge is 2.33. The van der Waals surface area contributed by atoms with Crippen LogP contribution in [0.3, 0.4) is 0 Å². The number of carbonyl (C=O) groups excluding carboxylic acids is 1. The zero-order chi connectivity index (χ0) is 20.9. The average molecular weight is 404 g/mol. The SMILES string of the molecule is CCOc1ccc(-c2cnc(CCC(=O)Nc3ccccc3C(F)(F)F)o2)cc1. The molecule has 1 aromatic heterocycles. The van der Waals surface area contributed by atoms with Gasteiger partial charge in [0.25, 0.3) is 0 Å². The Morgan fingerprint density at radius 2 is 1.86 bits per heavy atom. The number of carbonyl (C=O) groups is 1. The van der Waals surface area contributed by atoms with Gasteiger partial charge in [0.2, 0.25) is 5.91 Å². The molecule has 152 valence electrons. The number of alkyl halides is 3. The van der Waals surface area contributed by atoms with Gasteiger partial charge in [-0.15, -0.1) is 0 Å². The smallest absolute Gasteiger partial charge is 0.418 e. The molecule has 0 bridgehead atoms. The monoisotopic (exact) mass is 404 g/mol. The number of benzene rings is 2. The van der Waals surface area contributed by atoms with Crippen LogP contribution in [0.4, 0.5) is 18.9 Å². The lowest BCUT2D eigenvalue weighted by atomic mass is 10.1. The second-order valence-corrected chi connectivity index (χ2v) is 6.17. The van der Waals surface area contributed by atoms with E-state index in [-0.39, 0.29) is 18.5 Å². The van der Waals surface area contributed by atoms with Crippen LogP contribution in [0.2, 0.25) is 0 Å². The average Bonchev–Trinajstić information content (AvgIpc) is 3.16. The van der Waals surface area contributed by atoms with E-state index in [0.717, 1.165) is 17.4 Å². The maximum Gasteiger partial charge on any atom is 0.418 e. The molecule has 0 unspecified atom stereocenters. The third kappa shape index (κ3) is 5.37. The topological polar surface area (TPSA) is 64.4 Å². The number of hydrogen-bond donors (Lipinski definition) is 1. The summed E-state index contributed by atoms with van der Waals surface area (Å²) in [6, 6.07) is 12.1. The number of nitrogens with zero attached hydrogens (tertiary/aromatic N) is 1. The van der Waals surface area contributed by atoms with E-state index >= 15 is 0 Å². The summed E-state index contributed by atoms with van der Waals surface area (Å²) < 4.78 is 50.0. The lowest BCUT2D eigenvalue weighted by Gasteiger charge is -2.13. The van der Waals surface area contributed by atoms with Gasteiger partial charge >= 0.3 is 6.18 Å². The Balaban J connectivity index is 1.59. The highest BCUT2D eigenvalue weighted by Crippen LogP contribution is 2.34. The molecule has 2 aromatic carbocycles. The standard InChI is InChI=1S/C21H19F3N2O3/c1-2-28-15-9-7-14(8-10-15)18-13-25-20(29-18)12-11-19(27)26-17-6-4-3-5-16(17)21(22,23)24/h3-10,13H,2,11-12H2,1H3,(H,26,27). The Bertz CT molecular complexity index is 966. The minimum absolute atomic E-state index is 0.0601. The van der Waals surface area contributed by atoms with Crippen molar-refractivity contribution >= 4 is 11.6 Å². The van der Waals surface area contributed by atoms with Gasteiger partial charge in [0, 0.05) is 18.4 Å². The van der Waals surface area contributed by atoms with Crippen LogP contribution in [0.5, 0.6) is 5.75 Å². The third-order valence-corrected chi connectivity index (χ3v) is 4.08. The number of anilines is 1. The summed E-state index contributed by atoms with van der Waals surface area (Å²) in [5.41, 5.74) is -0.356. The molecule has 0 aliphatic rings. The third-order valence-electron chi connectivity index (χ3n) is 4.08. The Labute approximate surface area is 165 Å². The van der Waals surface area contributed by atoms with Crippen molar-refractivity contribution in [1.29, 1.82) is 0 Å². The Morgan fingerprint density at radius 3 is 2.55 bits per heavy atom. The van der Waals surface area contributed by atoms with Crippen LogP contribution in [0.15, 0.2) is 59.1 Å². The molecule has 1 heterocycles. The van der Waals surface area contributed by atoms with Crippen molar-refractivity contribution in [2.75, 3.05) is 11.9 Å². The van der Waals surface area contributed by atoms with Gasteiger partial charge in [-0.2, -0.15) is 13.2 Å². The van der Waals surface area contributed by atoms with E-state index in [4.69, 9.17) is 9.15 Å². The fraction of sp³-hybridized carbons (Fsp3) is 0.238. The number of amides is 1. The van der Waals surface area contributed by atoms with E-state index in [1.165, 1.54) is 18.2 Å². The normalized spacial score (nSPS) is 11.3. The summed E-state index contributed by atoms with van der Waals surface area (Å²) in [7, 11) is 0. The van der Waals surface area contributed by atoms with Crippen LogP contribution in [-0.4, -0.2) is 17.5 Å². The second kappa shape index (κ2) is 8.81. The number of para-hydroxylation sites is 1. The minimum atomic E-state index is -4.54. The molecule has 0 aliphatic heterocycles. The highest BCUT2D eigenvalue weighted by atomic mass is 19.4. The highest BCUT2D eigenvalue weighted by molar-refractivity contribution is 5.91. The fourth-order valence-electron chi connectivity index (χ4n) is 2.71. The first-order chi connectivity index (χ1) is 13.9. The van der Waals surface area contributed by atoms with E-state index in [0.29, 0.717) is 18.3 Å². The first-order valence-corrected chi connectivity index (χ1v) is 9.01. The van der Waals surface area contributed by atoms with Crippen LogP contribution in [0, 0.1) is 0 Å². The van der Waals surface area contributed by atoms with Crippen molar-refractivity contribution in [2.45, 2.75) is 25.9 Å². The van der Waals surface area contributed by atoms with Crippen molar-refractivity contribution in [3.05, 3.63) is 66.2 Å². The van der Waals surface area contributed by atoms with Crippen molar-refractivity contribution in [3.8, 4) is 17.1 Å². The second-order valence-electron chi connectivity index (χ2n) is 6.17. The molecule has 0 radical (unpaired) electrons. The zero-order valence-corrected chi connectivity index (χ0v) is 15.6. The van der Waals surface area contributed by atoms with Gasteiger partial charge in [-0.25, -0.2) is 4.98 Å². The molecule has 0 spiro atoms. The van der Waals surface area contributed by atoms with Crippen molar-refractivity contribution in [1.82, 2.24) is 4.98 Å². The molecule has 8 heteroatoms. The molecule has 3 rings (SSSR count). The Morgan fingerprint density at radius 1 is 1.14 bits per heavy atom. The maximum absolute atomic E-state index is 13.0. The Kier molecular flexibility index (Phi) is 6.21. The Hall–Kier alpha value is -3.29. The summed E-state index contributed by atoms with van der Waals surface area (Å²) in [6.45, 7) is 2.47. The number of oxazole rings is 1. The lowest BCUT2D eigenvalue weighted by molar-refractivity contribution is -0.137. The minimum Gasteiger partial charge on any atom is -0.494 e. The molecular formula is C21H19F3N2O3. The molecule has 0 aliphatic carbocycles. The van der Waals surface area contributed by atoms with E-state index in [1.54, 1.807) is 6.20 Å². The predicted molar refractivity (Wildman–Crippen MR) is 102 cm³/mol. The van der Waals surface area contributed by atoms with E-state index in [1.807, 2.05) is 31.2 Å². The predicted octanol–water partition coefficient (Wildman–Crippen LogP) is 5.33. The van der Waals surface area contributed by atoms with Crippen LogP contribution in [0.1, 0.15) is 24.8 Å². The summed E-state index contributed by atoms with van der Waals surface area (Å²) in [4.78, 5) is 16.2. The largest absolute Gasteiger partial charge is 0.494 e. The van der Waals surface area contributed by atoms with Crippen LogP contribution >= 0.6 is 0 Å². The van der Waals surface area contributed by atoms with Gasteiger partial charge in [0.1, 0.15) is 5.75 Å². The maximum atomic E-state index is 13.0. The first-order valence-electron chi connectivity index (χ1n) is 9.01. The first kappa shape index (κ1) is 20.4. The van der Waals surface area contributed by atoms with Crippen LogP contribution in [-0.2, 0) is 17.4 Å². The van der Waals surface area contributed by atoms with Crippen LogP contribution in [0.25, 0.3) is 11.3 Å². The lowest BCUT2D eigenvalue weighted by Crippen LogP contribution is -2.16. The van der Waals surface area contributed by atoms with Gasteiger partial charge in [-0.3, -0.25) is 4.79 Å². The molecule has 0 fully saturated rings. The van der Waals surface area contributed by atoms with E-state index in [9.17, 15) is 18.0 Å². The van der Waals surface area contributed by atoms with Crippen molar-refractivity contribution in [2.24, 2.45) is 0 Å². The summed E-state index contributed by atoms with van der Waals surface area (Å²) >= 11 is 0. The number of rotatable bonds is 7. The van der Waals surface area contributed by atoms with Crippen LogP contribution < -0.4 is 10.1 Å². The summed E-state index contributed by atoms with van der Waals surface area (Å²) in [6.07, 6.45) is -2.90. The molecular weight excluding hydrogens is 385 g/mol. The number of halogens is 3. The summed E-state index contributed by atoms with van der Waals surface area (Å²) in [5.74, 6) is 1.05. The molecule has 1 N–H and O–H groups in total. The number of hydrogen-bond acceptors (Lipinski definition) is 4.